The van der Waals surface area contributed by atoms with Crippen LogP contribution in [0.4, 0.5) is 0 Å². The van der Waals surface area contributed by atoms with Crippen LogP contribution in [0, 0.1) is 0 Å². The number of benzene rings is 2. The minimum Gasteiger partial charge on any atom is -0.478 e. The SMILES string of the molecule is O=C(O)c1ccccc1.O=C(O)c1ccccc1.O=C(O)c1ccccn1.[Cr]. The third-order valence-corrected chi connectivity index (χ3v) is 2.93. The Balaban J connectivity index is 0.000000384. The van der Waals surface area contributed by atoms with Crippen LogP contribution in [0.1, 0.15) is 31.2 Å². The quantitative estimate of drug-likeness (QED) is 0.593. The third-order valence-electron chi connectivity index (χ3n) is 2.93. The molecule has 0 fully saturated rings. The summed E-state index contributed by atoms with van der Waals surface area (Å²) >= 11 is 0. The van der Waals surface area contributed by atoms with Gasteiger partial charge in [-0.05, 0) is 36.4 Å². The molecule has 0 spiro atoms. The van der Waals surface area contributed by atoms with Crippen molar-refractivity contribution >= 4 is 17.9 Å². The molecule has 0 bridgehead atoms. The Morgan fingerprint density at radius 1 is 0.571 bits per heavy atom. The molecule has 0 atom stereocenters. The molecule has 144 valence electrons. The van der Waals surface area contributed by atoms with Gasteiger partial charge in [0.05, 0.1) is 11.1 Å². The van der Waals surface area contributed by atoms with E-state index in [4.69, 9.17) is 15.3 Å². The summed E-state index contributed by atoms with van der Waals surface area (Å²) in [4.78, 5) is 34.1. The van der Waals surface area contributed by atoms with Gasteiger partial charge in [0.1, 0.15) is 5.69 Å². The molecule has 1 heterocycles. The predicted molar refractivity (Wildman–Crippen MR) is 98.0 cm³/mol. The number of carbonyl (C=O) groups is 3. The zero-order chi connectivity index (χ0) is 20.1. The predicted octanol–water partition coefficient (Wildman–Crippen LogP) is 3.55. The molecular formula is C20H17CrNO6. The molecule has 3 N–H and O–H groups in total. The van der Waals surface area contributed by atoms with E-state index in [0.717, 1.165) is 0 Å². The Kier molecular flexibility index (Phi) is 12.0. The zero-order valence-electron chi connectivity index (χ0n) is 14.5. The normalized spacial score (nSPS) is 8.57. The molecule has 0 aliphatic rings. The van der Waals surface area contributed by atoms with Crippen LogP contribution in [0.2, 0.25) is 0 Å². The van der Waals surface area contributed by atoms with E-state index in [2.05, 4.69) is 4.98 Å². The van der Waals surface area contributed by atoms with Crippen molar-refractivity contribution in [2.24, 2.45) is 0 Å². The van der Waals surface area contributed by atoms with Gasteiger partial charge >= 0.3 is 17.9 Å². The van der Waals surface area contributed by atoms with Crippen LogP contribution in [0.25, 0.3) is 0 Å². The van der Waals surface area contributed by atoms with Crippen molar-refractivity contribution in [3.05, 3.63) is 102 Å². The summed E-state index contributed by atoms with van der Waals surface area (Å²) in [5, 5.41) is 25.1. The molecule has 0 amide bonds. The van der Waals surface area contributed by atoms with Gasteiger partial charge in [-0.3, -0.25) is 0 Å². The summed E-state index contributed by atoms with van der Waals surface area (Å²) in [6.07, 6.45) is 1.45. The number of pyridine rings is 1. The minimum absolute atomic E-state index is 0. The third kappa shape index (κ3) is 9.87. The summed E-state index contributed by atoms with van der Waals surface area (Å²) in [6.45, 7) is 0. The molecule has 2 aromatic carbocycles. The van der Waals surface area contributed by atoms with Gasteiger partial charge in [0.25, 0.3) is 0 Å². The van der Waals surface area contributed by atoms with E-state index in [0.29, 0.717) is 11.1 Å². The summed E-state index contributed by atoms with van der Waals surface area (Å²) in [6, 6.07) is 21.3. The Morgan fingerprint density at radius 2 is 0.964 bits per heavy atom. The van der Waals surface area contributed by atoms with Crippen LogP contribution >= 0.6 is 0 Å². The summed E-state index contributed by atoms with van der Waals surface area (Å²) in [7, 11) is 0. The average molecular weight is 419 g/mol. The summed E-state index contributed by atoms with van der Waals surface area (Å²) in [5.41, 5.74) is 0.743. The Bertz CT molecular complexity index is 740. The number of hydrogen-bond donors (Lipinski definition) is 3. The van der Waals surface area contributed by atoms with E-state index >= 15 is 0 Å². The second-order valence-electron chi connectivity index (χ2n) is 4.86. The number of aromatic carboxylic acids is 3. The topological polar surface area (TPSA) is 125 Å². The van der Waals surface area contributed by atoms with Crippen molar-refractivity contribution in [3.8, 4) is 0 Å². The first-order valence-corrected chi connectivity index (χ1v) is 7.63. The molecular weight excluding hydrogens is 402 g/mol. The molecule has 0 unspecified atom stereocenters. The van der Waals surface area contributed by atoms with Gasteiger partial charge in [-0.15, -0.1) is 0 Å². The number of rotatable bonds is 3. The van der Waals surface area contributed by atoms with E-state index < -0.39 is 17.9 Å². The standard InChI is InChI=1S/2C7H6O2.C6H5NO2.Cr/c2*8-7(9)6-4-2-1-3-5-6;8-6(9)5-3-1-2-4-7-5;/h2*1-5H,(H,8,9);1-4H,(H,8,9);. The van der Waals surface area contributed by atoms with Crippen molar-refractivity contribution in [3.63, 3.8) is 0 Å². The fraction of sp³-hybridized carbons (Fsp3) is 0. The monoisotopic (exact) mass is 419 g/mol. The van der Waals surface area contributed by atoms with Crippen molar-refractivity contribution < 1.29 is 47.1 Å². The first-order valence-electron chi connectivity index (χ1n) is 7.63. The van der Waals surface area contributed by atoms with Crippen LogP contribution in [-0.4, -0.2) is 38.2 Å². The van der Waals surface area contributed by atoms with Gasteiger partial charge in [-0.25, -0.2) is 19.4 Å². The van der Waals surface area contributed by atoms with Crippen molar-refractivity contribution in [1.82, 2.24) is 4.98 Å². The van der Waals surface area contributed by atoms with Crippen LogP contribution in [-0.2, 0) is 17.4 Å². The van der Waals surface area contributed by atoms with Gasteiger partial charge in [-0.1, -0.05) is 42.5 Å². The number of nitrogens with zero attached hydrogens (tertiary/aromatic N) is 1. The maximum absolute atomic E-state index is 10.2. The Morgan fingerprint density at radius 3 is 1.18 bits per heavy atom. The second-order valence-corrected chi connectivity index (χ2v) is 4.86. The molecule has 0 saturated carbocycles. The number of hydrogen-bond acceptors (Lipinski definition) is 4. The minimum atomic E-state index is -0.990. The first-order chi connectivity index (χ1) is 12.9. The molecule has 8 heteroatoms. The van der Waals surface area contributed by atoms with Crippen molar-refractivity contribution in [1.29, 1.82) is 0 Å². The van der Waals surface area contributed by atoms with E-state index in [1.54, 1.807) is 72.8 Å². The summed E-state index contributed by atoms with van der Waals surface area (Å²) in [5.74, 6) is -2.75. The van der Waals surface area contributed by atoms with Crippen LogP contribution in [0.15, 0.2) is 85.1 Å². The largest absolute Gasteiger partial charge is 0.478 e. The molecule has 0 saturated heterocycles. The molecule has 1 aromatic heterocycles. The van der Waals surface area contributed by atoms with E-state index in [1.165, 1.54) is 12.3 Å². The molecule has 0 aliphatic carbocycles. The van der Waals surface area contributed by atoms with E-state index in [1.807, 2.05) is 0 Å². The number of carboxylic acid groups (broad SMARTS) is 3. The molecule has 0 aliphatic heterocycles. The van der Waals surface area contributed by atoms with Crippen LogP contribution < -0.4 is 0 Å². The summed E-state index contributed by atoms with van der Waals surface area (Å²) < 4.78 is 0. The van der Waals surface area contributed by atoms with E-state index in [-0.39, 0.29) is 23.1 Å². The zero-order valence-corrected chi connectivity index (χ0v) is 15.8. The molecule has 3 aromatic rings. The number of aromatic nitrogens is 1. The maximum Gasteiger partial charge on any atom is 0.354 e. The molecule has 0 radical (unpaired) electrons. The van der Waals surface area contributed by atoms with Crippen LogP contribution in [0.5, 0.6) is 0 Å². The maximum atomic E-state index is 10.2. The molecule has 7 nitrogen and oxygen atoms in total. The average Bonchev–Trinajstić information content (AvgIpc) is 2.71. The Labute approximate surface area is 172 Å². The fourth-order valence-electron chi connectivity index (χ4n) is 1.65. The Hall–Kier alpha value is -3.47. The van der Waals surface area contributed by atoms with Crippen molar-refractivity contribution in [2.75, 3.05) is 0 Å². The fourth-order valence-corrected chi connectivity index (χ4v) is 1.65. The van der Waals surface area contributed by atoms with Gasteiger partial charge in [-0.2, -0.15) is 0 Å². The van der Waals surface area contributed by atoms with Gasteiger partial charge in [0.15, 0.2) is 0 Å². The van der Waals surface area contributed by atoms with Gasteiger partial charge in [0.2, 0.25) is 0 Å². The van der Waals surface area contributed by atoms with Crippen molar-refractivity contribution in [2.45, 2.75) is 0 Å². The molecule has 28 heavy (non-hydrogen) atoms. The first kappa shape index (κ1) is 24.5. The van der Waals surface area contributed by atoms with Gasteiger partial charge in [0, 0.05) is 23.6 Å². The number of carboxylic acids is 3. The van der Waals surface area contributed by atoms with Gasteiger partial charge < -0.3 is 15.3 Å². The smallest absolute Gasteiger partial charge is 0.354 e. The molecule has 3 rings (SSSR count). The van der Waals surface area contributed by atoms with E-state index in [9.17, 15) is 14.4 Å². The van der Waals surface area contributed by atoms with Crippen LogP contribution in [0.3, 0.4) is 0 Å². The second kappa shape index (κ2) is 13.7.